The molecule has 0 atom stereocenters. The molecule has 0 radical (unpaired) electrons. The lowest BCUT2D eigenvalue weighted by Gasteiger charge is -2.07. The summed E-state index contributed by atoms with van der Waals surface area (Å²) in [6, 6.07) is 23.7. The highest BCUT2D eigenvalue weighted by atomic mass is 16.5. The number of carbonyl (C=O) groups is 2. The van der Waals surface area contributed by atoms with Crippen LogP contribution in [0.15, 0.2) is 84.0 Å². The van der Waals surface area contributed by atoms with E-state index in [0.717, 1.165) is 11.1 Å². The third-order valence-electron chi connectivity index (χ3n) is 3.92. The number of hydrogen-bond acceptors (Lipinski definition) is 4. The molecule has 1 amide bonds. The molecule has 0 saturated carbocycles. The monoisotopic (exact) mass is 374 g/mol. The van der Waals surface area contributed by atoms with Crippen LogP contribution in [0.3, 0.4) is 0 Å². The molecule has 0 saturated heterocycles. The Bertz CT molecular complexity index is 983. The van der Waals surface area contributed by atoms with Gasteiger partial charge >= 0.3 is 5.97 Å². The summed E-state index contributed by atoms with van der Waals surface area (Å²) >= 11 is 0. The Balaban J connectivity index is 1.51. The van der Waals surface area contributed by atoms with Crippen LogP contribution in [0.25, 0.3) is 11.1 Å². The number of hydrogen-bond donors (Lipinski definition) is 2. The molecule has 0 unspecified atom stereocenters. The van der Waals surface area contributed by atoms with Gasteiger partial charge in [-0.15, -0.1) is 0 Å². The third-order valence-corrected chi connectivity index (χ3v) is 3.92. The van der Waals surface area contributed by atoms with E-state index < -0.39 is 11.9 Å². The number of nitrogens with one attached hydrogen (secondary N) is 1. The van der Waals surface area contributed by atoms with Gasteiger partial charge in [0.15, 0.2) is 6.61 Å². The fraction of sp³-hybridized carbons (Fsp3) is 0.0455. The molecule has 3 aromatic carbocycles. The first-order valence-electron chi connectivity index (χ1n) is 8.56. The van der Waals surface area contributed by atoms with Crippen LogP contribution >= 0.6 is 0 Å². The molecule has 0 spiro atoms. The minimum absolute atomic E-state index is 0.107. The second-order valence-corrected chi connectivity index (χ2v) is 5.86. The molecule has 0 bridgehead atoms. The van der Waals surface area contributed by atoms with Crippen molar-refractivity contribution >= 4 is 18.1 Å². The Morgan fingerprint density at radius 3 is 2.25 bits per heavy atom. The van der Waals surface area contributed by atoms with E-state index in [1.54, 1.807) is 30.3 Å². The SMILES string of the molecule is O=C(COc1ccc(-c2ccccc2)cc1)NN=Cc1ccccc1C(=O)O. The van der Waals surface area contributed by atoms with Crippen LogP contribution in [-0.4, -0.2) is 29.8 Å². The molecular weight excluding hydrogens is 356 g/mol. The van der Waals surface area contributed by atoms with E-state index >= 15 is 0 Å². The van der Waals surface area contributed by atoms with Crippen molar-refractivity contribution in [3.05, 3.63) is 90.0 Å². The standard InChI is InChI=1S/C22H18N2O4/c25-21(24-23-14-18-8-4-5-9-20(18)22(26)27)15-28-19-12-10-17(11-13-19)16-6-2-1-3-7-16/h1-14H,15H2,(H,24,25)(H,26,27). The summed E-state index contributed by atoms with van der Waals surface area (Å²) in [6.45, 7) is -0.206. The zero-order valence-electron chi connectivity index (χ0n) is 14.9. The van der Waals surface area contributed by atoms with Gasteiger partial charge in [0.05, 0.1) is 11.8 Å². The first-order valence-corrected chi connectivity index (χ1v) is 8.56. The number of ether oxygens (including phenoxy) is 1. The number of carbonyl (C=O) groups excluding carboxylic acids is 1. The van der Waals surface area contributed by atoms with Gasteiger partial charge in [0.1, 0.15) is 5.75 Å². The van der Waals surface area contributed by atoms with Crippen molar-refractivity contribution in [2.45, 2.75) is 0 Å². The van der Waals surface area contributed by atoms with Crippen molar-refractivity contribution < 1.29 is 19.4 Å². The van der Waals surface area contributed by atoms with Gasteiger partial charge in [-0.25, -0.2) is 10.2 Å². The van der Waals surface area contributed by atoms with Crippen molar-refractivity contribution in [2.75, 3.05) is 6.61 Å². The van der Waals surface area contributed by atoms with Crippen LogP contribution in [0.5, 0.6) is 5.75 Å². The van der Waals surface area contributed by atoms with Crippen molar-refractivity contribution in [2.24, 2.45) is 5.10 Å². The average Bonchev–Trinajstić information content (AvgIpc) is 2.73. The minimum atomic E-state index is -1.06. The molecule has 0 aliphatic rings. The zero-order valence-corrected chi connectivity index (χ0v) is 14.9. The first kappa shape index (κ1) is 18.8. The number of carboxylic acid groups (broad SMARTS) is 1. The lowest BCUT2D eigenvalue weighted by molar-refractivity contribution is -0.123. The van der Waals surface area contributed by atoms with Crippen molar-refractivity contribution in [3.8, 4) is 16.9 Å². The second kappa shape index (κ2) is 9.14. The number of carboxylic acids is 1. The van der Waals surface area contributed by atoms with Gasteiger partial charge < -0.3 is 9.84 Å². The van der Waals surface area contributed by atoms with Gasteiger partial charge in [0.2, 0.25) is 0 Å². The van der Waals surface area contributed by atoms with Crippen LogP contribution in [0.1, 0.15) is 15.9 Å². The molecule has 0 aliphatic carbocycles. The van der Waals surface area contributed by atoms with Gasteiger partial charge in [-0.2, -0.15) is 5.10 Å². The molecule has 140 valence electrons. The summed E-state index contributed by atoms with van der Waals surface area (Å²) < 4.78 is 5.44. The van der Waals surface area contributed by atoms with Crippen LogP contribution in [-0.2, 0) is 4.79 Å². The fourth-order valence-corrected chi connectivity index (χ4v) is 2.53. The molecule has 3 aromatic rings. The van der Waals surface area contributed by atoms with E-state index in [9.17, 15) is 9.59 Å². The molecule has 0 aromatic heterocycles. The normalized spacial score (nSPS) is 10.6. The van der Waals surface area contributed by atoms with Crippen molar-refractivity contribution in [1.82, 2.24) is 5.43 Å². The lowest BCUT2D eigenvalue weighted by Crippen LogP contribution is -2.24. The number of benzene rings is 3. The quantitative estimate of drug-likeness (QED) is 0.489. The number of amides is 1. The van der Waals surface area contributed by atoms with E-state index in [0.29, 0.717) is 11.3 Å². The van der Waals surface area contributed by atoms with Crippen molar-refractivity contribution in [1.29, 1.82) is 0 Å². The van der Waals surface area contributed by atoms with Gasteiger partial charge in [0, 0.05) is 5.56 Å². The molecule has 0 aliphatic heterocycles. The topological polar surface area (TPSA) is 88.0 Å². The minimum Gasteiger partial charge on any atom is -0.484 e. The Kier molecular flexibility index (Phi) is 6.15. The fourth-order valence-electron chi connectivity index (χ4n) is 2.53. The maximum atomic E-state index is 11.8. The van der Waals surface area contributed by atoms with Crippen LogP contribution in [0.4, 0.5) is 0 Å². The Morgan fingerprint density at radius 2 is 1.54 bits per heavy atom. The highest BCUT2D eigenvalue weighted by Gasteiger charge is 2.07. The Labute approximate surface area is 162 Å². The number of rotatable bonds is 7. The number of aromatic carboxylic acids is 1. The lowest BCUT2D eigenvalue weighted by atomic mass is 10.1. The smallest absolute Gasteiger partial charge is 0.336 e. The average molecular weight is 374 g/mol. The second-order valence-electron chi connectivity index (χ2n) is 5.86. The van der Waals surface area contributed by atoms with Crippen LogP contribution < -0.4 is 10.2 Å². The molecule has 0 fully saturated rings. The molecule has 3 rings (SSSR count). The maximum absolute atomic E-state index is 11.8. The molecule has 6 heteroatoms. The van der Waals surface area contributed by atoms with Crippen LogP contribution in [0.2, 0.25) is 0 Å². The van der Waals surface area contributed by atoms with Gasteiger partial charge in [-0.3, -0.25) is 4.79 Å². The molecule has 2 N–H and O–H groups in total. The zero-order chi connectivity index (χ0) is 19.8. The van der Waals surface area contributed by atoms with Crippen LogP contribution in [0, 0.1) is 0 Å². The molecule has 28 heavy (non-hydrogen) atoms. The maximum Gasteiger partial charge on any atom is 0.336 e. The molecule has 6 nitrogen and oxygen atoms in total. The summed E-state index contributed by atoms with van der Waals surface area (Å²) in [4.78, 5) is 23.0. The van der Waals surface area contributed by atoms with Gasteiger partial charge in [0.25, 0.3) is 5.91 Å². The predicted molar refractivity (Wildman–Crippen MR) is 107 cm³/mol. The highest BCUT2D eigenvalue weighted by molar-refractivity contribution is 5.98. The van der Waals surface area contributed by atoms with Gasteiger partial charge in [-0.05, 0) is 29.3 Å². The highest BCUT2D eigenvalue weighted by Crippen LogP contribution is 2.21. The van der Waals surface area contributed by atoms with E-state index in [1.807, 2.05) is 42.5 Å². The molecule has 0 heterocycles. The first-order chi connectivity index (χ1) is 13.6. The summed E-state index contributed by atoms with van der Waals surface area (Å²) in [5.74, 6) is -0.943. The largest absolute Gasteiger partial charge is 0.484 e. The van der Waals surface area contributed by atoms with Gasteiger partial charge in [-0.1, -0.05) is 60.7 Å². The number of hydrazone groups is 1. The predicted octanol–water partition coefficient (Wildman–Crippen LogP) is 3.58. The van der Waals surface area contributed by atoms with E-state index in [1.165, 1.54) is 12.3 Å². The molecular formula is C22H18N2O4. The number of nitrogens with zero attached hydrogens (tertiary/aromatic N) is 1. The van der Waals surface area contributed by atoms with E-state index in [4.69, 9.17) is 9.84 Å². The van der Waals surface area contributed by atoms with Crippen molar-refractivity contribution in [3.63, 3.8) is 0 Å². The van der Waals surface area contributed by atoms with E-state index in [-0.39, 0.29) is 12.2 Å². The summed E-state index contributed by atoms with van der Waals surface area (Å²) in [6.07, 6.45) is 1.29. The Hall–Kier alpha value is -3.93. The summed E-state index contributed by atoms with van der Waals surface area (Å²) in [5, 5.41) is 12.9. The summed E-state index contributed by atoms with van der Waals surface area (Å²) in [7, 11) is 0. The Morgan fingerprint density at radius 1 is 0.893 bits per heavy atom. The van der Waals surface area contributed by atoms with E-state index in [2.05, 4.69) is 10.5 Å². The third kappa shape index (κ3) is 5.04. The summed E-state index contributed by atoms with van der Waals surface area (Å²) in [5.41, 5.74) is 4.97.